The van der Waals surface area contributed by atoms with Crippen LogP contribution in [0, 0.1) is 11.8 Å². The Kier molecular flexibility index (Phi) is 4.81. The highest BCUT2D eigenvalue weighted by Crippen LogP contribution is 2.51. The summed E-state index contributed by atoms with van der Waals surface area (Å²) < 4.78 is 10.7. The van der Waals surface area contributed by atoms with Gasteiger partial charge in [-0.3, -0.25) is 19.3 Å². The maximum Gasteiger partial charge on any atom is 0.291 e. The van der Waals surface area contributed by atoms with Crippen molar-refractivity contribution in [1.29, 1.82) is 0 Å². The van der Waals surface area contributed by atoms with E-state index in [2.05, 4.69) is 5.32 Å². The van der Waals surface area contributed by atoms with Crippen LogP contribution < -0.4 is 25.2 Å². The number of hydrogen-bond acceptors (Lipinski definition) is 7. The van der Waals surface area contributed by atoms with Crippen molar-refractivity contribution < 1.29 is 39.1 Å². The van der Waals surface area contributed by atoms with Gasteiger partial charge in [-0.25, -0.2) is 0 Å². The molecular weight excluding hydrogens is 478 g/mol. The number of anilines is 1. The van der Waals surface area contributed by atoms with Gasteiger partial charge in [0.2, 0.25) is 24.1 Å². The summed E-state index contributed by atoms with van der Waals surface area (Å²) in [5.41, 5.74) is 0.175. The first-order chi connectivity index (χ1) is 16.8. The van der Waals surface area contributed by atoms with Crippen molar-refractivity contribution in [3.05, 3.63) is 52.5 Å². The molecule has 35 heavy (non-hydrogen) atoms. The van der Waals surface area contributed by atoms with E-state index in [1.165, 1.54) is 0 Å². The van der Waals surface area contributed by atoms with Crippen molar-refractivity contribution in [2.75, 3.05) is 12.1 Å². The van der Waals surface area contributed by atoms with Gasteiger partial charge < -0.3 is 30.0 Å². The number of rotatable bonds is 5. The molecule has 11 heteroatoms. The lowest BCUT2D eigenvalue weighted by atomic mass is 9.76. The van der Waals surface area contributed by atoms with Crippen LogP contribution in [0.4, 0.5) is 5.69 Å². The van der Waals surface area contributed by atoms with Crippen molar-refractivity contribution in [2.24, 2.45) is 11.8 Å². The lowest BCUT2D eigenvalue weighted by Crippen LogP contribution is -2.99. The smallest absolute Gasteiger partial charge is 0.291 e. The summed E-state index contributed by atoms with van der Waals surface area (Å²) in [6, 6.07) is 9.60. The number of benzene rings is 2. The van der Waals surface area contributed by atoms with Crippen LogP contribution in [0.25, 0.3) is 0 Å². The zero-order valence-electron chi connectivity index (χ0n) is 18.3. The zero-order chi connectivity index (χ0) is 24.5. The number of ether oxygens (including phenoxy) is 2. The predicted octanol–water partition coefficient (Wildman–Crippen LogP) is -0.507. The second kappa shape index (κ2) is 7.69. The number of imide groups is 1. The molecule has 10 nitrogen and oxygen atoms in total. The van der Waals surface area contributed by atoms with Crippen molar-refractivity contribution in [2.45, 2.75) is 31.0 Å². The second-order valence-electron chi connectivity index (χ2n) is 9.18. The van der Waals surface area contributed by atoms with E-state index in [1.54, 1.807) is 41.7 Å². The van der Waals surface area contributed by atoms with Crippen molar-refractivity contribution >= 4 is 41.0 Å². The number of carbonyl (C=O) groups is 4. The molecule has 0 aromatic heterocycles. The fourth-order valence-corrected chi connectivity index (χ4v) is 6.16. The Balaban J connectivity index is 1.40. The van der Waals surface area contributed by atoms with Gasteiger partial charge in [0.15, 0.2) is 11.5 Å². The molecule has 4 atom stereocenters. The van der Waals surface area contributed by atoms with Gasteiger partial charge >= 0.3 is 0 Å². The van der Waals surface area contributed by atoms with Crippen LogP contribution in [-0.2, 0) is 31.3 Å². The number of quaternary nitrogens is 1. The van der Waals surface area contributed by atoms with Crippen molar-refractivity contribution in [3.8, 4) is 11.5 Å². The average Bonchev–Trinajstić information content (AvgIpc) is 3.55. The maximum atomic E-state index is 13.8. The average molecular weight is 498 g/mol. The molecule has 3 N–H and O–H groups in total. The minimum atomic E-state index is -1.42. The van der Waals surface area contributed by atoms with Crippen molar-refractivity contribution in [1.82, 2.24) is 4.90 Å². The number of nitrogens with zero attached hydrogens (tertiary/aromatic N) is 1. The number of carbonyl (C=O) groups excluding carboxylic acids is 4. The SMILES string of the molecule is O=C([O-])CC[C@H]1[NH2+][C@@]2(C(=O)Nc3c(Cl)cccc32)[C@H]2C(=O)N(Cc3ccc4c(c3)OCO4)C(=O)[C@@H]12. The Labute approximate surface area is 204 Å². The molecule has 3 amide bonds. The fourth-order valence-electron chi connectivity index (χ4n) is 5.94. The second-order valence-corrected chi connectivity index (χ2v) is 9.59. The van der Waals surface area contributed by atoms with E-state index in [-0.39, 0.29) is 26.2 Å². The number of para-hydroxylation sites is 1. The summed E-state index contributed by atoms with van der Waals surface area (Å²) in [6.45, 7) is 0.0919. The van der Waals surface area contributed by atoms with Gasteiger partial charge in [-0.1, -0.05) is 23.7 Å². The van der Waals surface area contributed by atoms with Gasteiger partial charge in [0.1, 0.15) is 17.9 Å². The van der Waals surface area contributed by atoms with Crippen LogP contribution in [0.2, 0.25) is 5.02 Å². The molecule has 4 heterocycles. The maximum absolute atomic E-state index is 13.8. The minimum Gasteiger partial charge on any atom is -0.550 e. The summed E-state index contributed by atoms with van der Waals surface area (Å²) in [7, 11) is 0. The Hall–Kier alpha value is -3.63. The van der Waals surface area contributed by atoms with E-state index in [4.69, 9.17) is 21.1 Å². The van der Waals surface area contributed by atoms with Crippen LogP contribution in [0.3, 0.4) is 0 Å². The summed E-state index contributed by atoms with van der Waals surface area (Å²) in [4.78, 5) is 53.2. The highest BCUT2D eigenvalue weighted by Gasteiger charge is 2.74. The largest absolute Gasteiger partial charge is 0.550 e. The third-order valence-corrected chi connectivity index (χ3v) is 7.72. The van der Waals surface area contributed by atoms with Crippen molar-refractivity contribution in [3.63, 3.8) is 0 Å². The summed E-state index contributed by atoms with van der Waals surface area (Å²) >= 11 is 6.33. The predicted molar refractivity (Wildman–Crippen MR) is 117 cm³/mol. The third-order valence-electron chi connectivity index (χ3n) is 7.40. The summed E-state index contributed by atoms with van der Waals surface area (Å²) in [6.07, 6.45) is -0.223. The quantitative estimate of drug-likeness (QED) is 0.530. The number of nitrogens with two attached hydrogens (primary N) is 1. The molecule has 4 aliphatic rings. The molecule has 2 aromatic carbocycles. The monoisotopic (exact) mass is 497 g/mol. The molecule has 0 saturated carbocycles. The highest BCUT2D eigenvalue weighted by atomic mass is 35.5. The molecule has 4 aliphatic heterocycles. The van der Waals surface area contributed by atoms with Crippen LogP contribution in [-0.4, -0.2) is 41.4 Å². The molecule has 0 bridgehead atoms. The van der Waals surface area contributed by atoms with Crippen LogP contribution in [0.1, 0.15) is 24.0 Å². The van der Waals surface area contributed by atoms with E-state index in [0.29, 0.717) is 33.3 Å². The molecule has 180 valence electrons. The van der Waals surface area contributed by atoms with Gasteiger partial charge in [0, 0.05) is 18.0 Å². The number of carboxylic acid groups (broad SMARTS) is 1. The first-order valence-electron chi connectivity index (χ1n) is 11.2. The van der Waals surface area contributed by atoms with Gasteiger partial charge in [-0.2, -0.15) is 0 Å². The Morgan fingerprint density at radius 2 is 1.97 bits per heavy atom. The van der Waals surface area contributed by atoms with Crippen LogP contribution in [0.15, 0.2) is 36.4 Å². The van der Waals surface area contributed by atoms with E-state index >= 15 is 0 Å². The van der Waals surface area contributed by atoms with Gasteiger partial charge in [-0.15, -0.1) is 0 Å². The highest BCUT2D eigenvalue weighted by molar-refractivity contribution is 6.35. The normalized spacial score (nSPS) is 28.0. The zero-order valence-corrected chi connectivity index (χ0v) is 19.0. The minimum absolute atomic E-state index is 0.00534. The van der Waals surface area contributed by atoms with E-state index in [0.717, 1.165) is 4.90 Å². The number of nitrogens with one attached hydrogen (secondary N) is 1. The number of hydrogen-bond donors (Lipinski definition) is 2. The molecule has 2 aromatic rings. The summed E-state index contributed by atoms with van der Waals surface area (Å²) in [5.74, 6) is -3.39. The molecule has 0 aliphatic carbocycles. The third kappa shape index (κ3) is 3.06. The Bertz CT molecular complexity index is 1310. The fraction of sp³-hybridized carbons (Fsp3) is 0.333. The molecule has 0 radical (unpaired) electrons. The van der Waals surface area contributed by atoms with E-state index in [9.17, 15) is 24.3 Å². The van der Waals surface area contributed by atoms with Gasteiger partial charge in [0.25, 0.3) is 5.91 Å². The number of likely N-dealkylation sites (tertiary alicyclic amines) is 1. The Morgan fingerprint density at radius 1 is 1.17 bits per heavy atom. The van der Waals surface area contributed by atoms with Gasteiger partial charge in [0.05, 0.1) is 17.3 Å². The van der Waals surface area contributed by atoms with Gasteiger partial charge in [-0.05, 0) is 36.2 Å². The van der Waals surface area contributed by atoms with E-state index < -0.39 is 47.1 Å². The number of halogens is 1. The molecule has 6 rings (SSSR count). The first kappa shape index (κ1) is 21.9. The molecule has 1 spiro atoms. The van der Waals surface area contributed by atoms with E-state index in [1.807, 2.05) is 0 Å². The topological polar surface area (TPSA) is 142 Å². The van der Waals surface area contributed by atoms with Crippen LogP contribution >= 0.6 is 11.6 Å². The number of aliphatic carboxylic acids is 1. The lowest BCUT2D eigenvalue weighted by molar-refractivity contribution is -0.734. The Morgan fingerprint density at radius 3 is 2.77 bits per heavy atom. The summed E-state index contributed by atoms with van der Waals surface area (Å²) in [5, 5.41) is 16.0. The number of fused-ring (bicyclic) bond motifs is 5. The molecule has 2 fully saturated rings. The number of amides is 3. The molecule has 2 saturated heterocycles. The molecular formula is C24H20ClN3O7. The first-order valence-corrected chi connectivity index (χ1v) is 11.6. The standard InChI is InChI=1S/C24H20ClN3O7/c25-13-3-1-2-12-20(13)26-23(33)24(12)19-18(14(27-24)5-7-17(29)30)21(31)28(22(19)32)9-11-4-6-15-16(8-11)35-10-34-15/h1-4,6,8,14,18-19,27H,5,7,9-10H2,(H,26,33)(H,29,30)/t14-,18+,19-,24-/m1/s1. The van der Waals surface area contributed by atoms with Crippen LogP contribution in [0.5, 0.6) is 11.5 Å². The lowest BCUT2D eigenvalue weighted by Gasteiger charge is -2.26. The molecule has 0 unspecified atom stereocenters. The number of carboxylic acids is 1.